The van der Waals surface area contributed by atoms with Gasteiger partial charge >= 0.3 is 0 Å². The quantitative estimate of drug-likeness (QED) is 0.746. The van der Waals surface area contributed by atoms with Crippen LogP contribution in [-0.4, -0.2) is 28.1 Å². The van der Waals surface area contributed by atoms with Crippen LogP contribution in [0.5, 0.6) is 0 Å². The Morgan fingerprint density at radius 1 is 1.14 bits per heavy atom. The molecule has 1 aliphatic carbocycles. The van der Waals surface area contributed by atoms with E-state index in [1.165, 1.54) is 6.07 Å². The number of aromatic nitrogens is 1. The molecule has 1 aromatic carbocycles. The third kappa shape index (κ3) is 2.68. The molecule has 0 atom stereocenters. The van der Waals surface area contributed by atoms with Crippen molar-refractivity contribution < 1.29 is 23.1 Å². The van der Waals surface area contributed by atoms with Crippen LogP contribution in [-0.2, 0) is 0 Å². The van der Waals surface area contributed by atoms with Crippen molar-refractivity contribution in [3.05, 3.63) is 35.3 Å². The average Bonchev–Trinajstić information content (AvgIpc) is 2.91. The molecule has 0 unspecified atom stereocenters. The lowest BCUT2D eigenvalue weighted by atomic mass is 9.93. The molecule has 22 heavy (non-hydrogen) atoms. The highest BCUT2D eigenvalue weighted by atomic mass is 19.2. The topological polar surface area (TPSA) is 65.1 Å². The van der Waals surface area contributed by atoms with Crippen LogP contribution in [0.4, 0.5) is 13.2 Å². The fourth-order valence-corrected chi connectivity index (χ4v) is 2.78. The second-order valence-corrected chi connectivity index (χ2v) is 5.61. The number of hydrogen-bond donors (Lipinski definition) is 3. The molecule has 1 aliphatic rings. The number of aliphatic hydroxyl groups excluding tert-OH is 1. The average molecular weight is 312 g/mol. The Labute approximate surface area is 124 Å². The molecule has 2 aromatic rings. The second-order valence-electron chi connectivity index (χ2n) is 5.61. The van der Waals surface area contributed by atoms with Gasteiger partial charge in [-0.15, -0.1) is 0 Å². The van der Waals surface area contributed by atoms with Gasteiger partial charge in [0, 0.05) is 17.5 Å². The van der Waals surface area contributed by atoms with Gasteiger partial charge < -0.3 is 15.4 Å². The Kier molecular flexibility index (Phi) is 3.82. The van der Waals surface area contributed by atoms with E-state index in [9.17, 15) is 23.1 Å². The van der Waals surface area contributed by atoms with Gasteiger partial charge in [-0.05, 0) is 31.7 Å². The van der Waals surface area contributed by atoms with Gasteiger partial charge in [-0.2, -0.15) is 0 Å². The van der Waals surface area contributed by atoms with Crippen molar-refractivity contribution in [3.8, 4) is 0 Å². The number of fused-ring (bicyclic) bond motifs is 1. The number of rotatable bonds is 2. The van der Waals surface area contributed by atoms with Crippen LogP contribution in [0.1, 0.15) is 36.2 Å². The number of benzene rings is 1. The molecule has 3 rings (SSSR count). The Bertz CT molecular complexity index is 721. The van der Waals surface area contributed by atoms with Crippen molar-refractivity contribution >= 4 is 16.8 Å². The number of H-pyrrole nitrogens is 1. The van der Waals surface area contributed by atoms with E-state index in [0.717, 1.165) is 6.07 Å². The molecule has 1 amide bonds. The van der Waals surface area contributed by atoms with Crippen molar-refractivity contribution in [1.82, 2.24) is 10.3 Å². The summed E-state index contributed by atoms with van der Waals surface area (Å²) in [6.45, 7) is 0. The lowest BCUT2D eigenvalue weighted by Gasteiger charge is -2.25. The Morgan fingerprint density at radius 2 is 1.82 bits per heavy atom. The fraction of sp³-hybridized carbons (Fsp3) is 0.400. The predicted octanol–water partition coefficient (Wildman–Crippen LogP) is 2.62. The van der Waals surface area contributed by atoms with Crippen molar-refractivity contribution in [2.45, 2.75) is 37.8 Å². The highest BCUT2D eigenvalue weighted by Gasteiger charge is 2.23. The minimum absolute atomic E-state index is 0.0283. The zero-order valence-corrected chi connectivity index (χ0v) is 11.6. The van der Waals surface area contributed by atoms with Gasteiger partial charge in [0.2, 0.25) is 0 Å². The third-order valence-electron chi connectivity index (χ3n) is 4.03. The van der Waals surface area contributed by atoms with Crippen LogP contribution in [0, 0.1) is 17.5 Å². The van der Waals surface area contributed by atoms with Crippen LogP contribution in [0.15, 0.2) is 12.1 Å². The minimum Gasteiger partial charge on any atom is -0.393 e. The van der Waals surface area contributed by atoms with Gasteiger partial charge in [0.1, 0.15) is 5.69 Å². The summed E-state index contributed by atoms with van der Waals surface area (Å²) in [6.07, 6.45) is 2.21. The van der Waals surface area contributed by atoms with Crippen molar-refractivity contribution in [2.75, 3.05) is 0 Å². The summed E-state index contributed by atoms with van der Waals surface area (Å²) in [5.41, 5.74) is 0.0747. The van der Waals surface area contributed by atoms with Crippen molar-refractivity contribution in [3.63, 3.8) is 0 Å². The Hall–Kier alpha value is -2.02. The molecular formula is C15H15F3N2O2. The highest BCUT2D eigenvalue weighted by molar-refractivity contribution is 5.98. The van der Waals surface area contributed by atoms with Gasteiger partial charge in [0.25, 0.3) is 5.91 Å². The third-order valence-corrected chi connectivity index (χ3v) is 4.03. The van der Waals surface area contributed by atoms with Gasteiger partial charge in [-0.25, -0.2) is 13.2 Å². The molecule has 0 saturated heterocycles. The van der Waals surface area contributed by atoms with Crippen LogP contribution in [0.25, 0.3) is 10.9 Å². The maximum absolute atomic E-state index is 13.6. The molecule has 0 aliphatic heterocycles. The van der Waals surface area contributed by atoms with Crippen LogP contribution in [0.3, 0.4) is 0 Å². The van der Waals surface area contributed by atoms with Gasteiger partial charge in [0.15, 0.2) is 17.5 Å². The molecule has 7 heteroatoms. The van der Waals surface area contributed by atoms with E-state index in [1.807, 2.05) is 0 Å². The molecule has 0 spiro atoms. The first-order valence-corrected chi connectivity index (χ1v) is 7.11. The maximum atomic E-state index is 13.6. The standard InChI is InChI=1S/C15H15F3N2O2/c16-10-6-11-9(13(17)14(10)18)5-12(20-11)15(22)19-7-1-3-8(21)4-2-7/h5-8,20-21H,1-4H2,(H,19,22). The molecule has 1 aromatic heterocycles. The van der Waals surface area contributed by atoms with E-state index in [1.54, 1.807) is 0 Å². The molecule has 1 saturated carbocycles. The van der Waals surface area contributed by atoms with E-state index in [2.05, 4.69) is 10.3 Å². The van der Waals surface area contributed by atoms with Crippen LogP contribution in [0.2, 0.25) is 0 Å². The number of nitrogens with one attached hydrogen (secondary N) is 2. The van der Waals surface area contributed by atoms with Crippen LogP contribution >= 0.6 is 0 Å². The molecule has 1 heterocycles. The minimum atomic E-state index is -1.56. The smallest absolute Gasteiger partial charge is 0.267 e. The van der Waals surface area contributed by atoms with E-state index in [-0.39, 0.29) is 28.7 Å². The summed E-state index contributed by atoms with van der Waals surface area (Å²) < 4.78 is 40.0. The van der Waals surface area contributed by atoms with Crippen LogP contribution < -0.4 is 5.32 Å². The summed E-state index contributed by atoms with van der Waals surface area (Å²) in [5, 5.41) is 12.0. The van der Waals surface area contributed by atoms with Gasteiger partial charge in [0.05, 0.1) is 11.6 Å². The molecule has 4 nitrogen and oxygen atoms in total. The van der Waals surface area contributed by atoms with Crippen molar-refractivity contribution in [1.29, 1.82) is 0 Å². The van der Waals surface area contributed by atoms with Crippen molar-refractivity contribution in [2.24, 2.45) is 0 Å². The van der Waals surface area contributed by atoms with E-state index in [0.29, 0.717) is 25.7 Å². The van der Waals surface area contributed by atoms with Gasteiger partial charge in [-0.3, -0.25) is 4.79 Å². The predicted molar refractivity (Wildman–Crippen MR) is 73.9 cm³/mol. The Morgan fingerprint density at radius 3 is 2.50 bits per heavy atom. The number of aliphatic hydroxyl groups is 1. The number of hydrogen-bond acceptors (Lipinski definition) is 2. The zero-order chi connectivity index (χ0) is 15.9. The molecule has 0 bridgehead atoms. The molecule has 3 N–H and O–H groups in total. The number of halogens is 3. The number of carbonyl (C=O) groups is 1. The summed E-state index contributed by atoms with van der Waals surface area (Å²) in [6, 6.07) is 1.92. The normalized spacial score (nSPS) is 22.0. The number of aromatic amines is 1. The summed E-state index contributed by atoms with van der Waals surface area (Å²) in [7, 11) is 0. The first-order chi connectivity index (χ1) is 10.5. The monoisotopic (exact) mass is 312 g/mol. The summed E-state index contributed by atoms with van der Waals surface area (Å²) >= 11 is 0. The summed E-state index contributed by atoms with van der Waals surface area (Å²) in [5.74, 6) is -4.64. The SMILES string of the molecule is O=C(NC1CCC(O)CC1)c1cc2c(F)c(F)c(F)cc2[nH]1. The first kappa shape index (κ1) is 14.9. The molecular weight excluding hydrogens is 297 g/mol. The largest absolute Gasteiger partial charge is 0.393 e. The molecule has 118 valence electrons. The van der Waals surface area contributed by atoms with E-state index < -0.39 is 23.4 Å². The highest BCUT2D eigenvalue weighted by Crippen LogP contribution is 2.24. The Balaban J connectivity index is 1.81. The molecule has 0 radical (unpaired) electrons. The van der Waals surface area contributed by atoms with Gasteiger partial charge in [-0.1, -0.05) is 0 Å². The maximum Gasteiger partial charge on any atom is 0.267 e. The lowest BCUT2D eigenvalue weighted by Crippen LogP contribution is -2.38. The van der Waals surface area contributed by atoms with E-state index in [4.69, 9.17) is 0 Å². The first-order valence-electron chi connectivity index (χ1n) is 7.11. The second kappa shape index (κ2) is 5.64. The fourth-order valence-electron chi connectivity index (χ4n) is 2.78. The number of amides is 1. The zero-order valence-electron chi connectivity index (χ0n) is 11.6. The molecule has 1 fully saturated rings. The number of carbonyl (C=O) groups excluding carboxylic acids is 1. The van der Waals surface area contributed by atoms with E-state index >= 15 is 0 Å². The summed E-state index contributed by atoms with van der Waals surface area (Å²) in [4.78, 5) is 14.7. The lowest BCUT2D eigenvalue weighted by molar-refractivity contribution is 0.0864.